The van der Waals surface area contributed by atoms with E-state index in [2.05, 4.69) is 0 Å². The molecule has 1 aromatic rings. The van der Waals surface area contributed by atoms with E-state index in [0.717, 1.165) is 5.56 Å². The topological polar surface area (TPSA) is 46.5 Å². The normalized spacial score (nSPS) is 23.6. The Bertz CT molecular complexity index is 430. The molecule has 1 atom stereocenters. The Morgan fingerprint density at radius 2 is 2.31 bits per heavy atom. The smallest absolute Gasteiger partial charge is 0.346 e. The van der Waals surface area contributed by atoms with Gasteiger partial charge in [0.05, 0.1) is 7.11 Å². The van der Waals surface area contributed by atoms with Gasteiger partial charge in [-0.1, -0.05) is 6.07 Å². The maximum absolute atomic E-state index is 14.3. The molecule has 1 aliphatic rings. The van der Waals surface area contributed by atoms with Gasteiger partial charge in [-0.15, -0.1) is 0 Å². The highest BCUT2D eigenvalue weighted by Crippen LogP contribution is 2.40. The molecule has 0 fully saturated rings. The Labute approximate surface area is 92.9 Å². The maximum atomic E-state index is 14.3. The summed E-state index contributed by atoms with van der Waals surface area (Å²) in [4.78, 5) is 11.0. The number of carboxylic acids is 1. The highest BCUT2D eigenvalue weighted by atomic mass is 19.1. The number of alkyl halides is 1. The van der Waals surface area contributed by atoms with Crippen LogP contribution < -0.4 is 4.74 Å². The van der Waals surface area contributed by atoms with Gasteiger partial charge in [0.1, 0.15) is 5.75 Å². The molecule has 0 amide bonds. The summed E-state index contributed by atoms with van der Waals surface area (Å²) < 4.78 is 19.3. The van der Waals surface area contributed by atoms with Gasteiger partial charge in [0.15, 0.2) is 0 Å². The van der Waals surface area contributed by atoms with Crippen LogP contribution in [0.5, 0.6) is 5.75 Å². The Balaban J connectivity index is 2.51. The predicted molar refractivity (Wildman–Crippen MR) is 56.4 cm³/mol. The summed E-state index contributed by atoms with van der Waals surface area (Å²) in [6.07, 6.45) is 1.29. The van der Waals surface area contributed by atoms with Crippen molar-refractivity contribution in [1.82, 2.24) is 0 Å². The molecule has 0 aromatic heterocycles. The minimum absolute atomic E-state index is 0.0433. The fourth-order valence-electron chi connectivity index (χ4n) is 2.17. The Morgan fingerprint density at radius 3 is 2.94 bits per heavy atom. The van der Waals surface area contributed by atoms with Gasteiger partial charge in [-0.25, -0.2) is 9.18 Å². The first-order chi connectivity index (χ1) is 7.58. The second-order valence-electron chi connectivity index (χ2n) is 3.98. The summed E-state index contributed by atoms with van der Waals surface area (Å²) in [5.74, 6) is -0.771. The molecule has 0 saturated heterocycles. The number of aryl methyl sites for hydroxylation is 1. The van der Waals surface area contributed by atoms with E-state index in [-0.39, 0.29) is 12.0 Å². The number of halogens is 1. The van der Waals surface area contributed by atoms with Crippen LogP contribution in [0.1, 0.15) is 24.0 Å². The van der Waals surface area contributed by atoms with Crippen LogP contribution in [0, 0.1) is 0 Å². The molecule has 1 aromatic carbocycles. The molecule has 1 N–H and O–H groups in total. The van der Waals surface area contributed by atoms with Gasteiger partial charge in [-0.2, -0.15) is 0 Å². The lowest BCUT2D eigenvalue weighted by atomic mass is 9.80. The molecule has 3 nitrogen and oxygen atoms in total. The number of fused-ring (bicyclic) bond motifs is 1. The van der Waals surface area contributed by atoms with Gasteiger partial charge >= 0.3 is 5.97 Å². The second-order valence-corrected chi connectivity index (χ2v) is 3.98. The highest BCUT2D eigenvalue weighted by molar-refractivity contribution is 5.80. The van der Waals surface area contributed by atoms with Crippen molar-refractivity contribution in [2.45, 2.75) is 24.9 Å². The predicted octanol–water partition coefficient (Wildman–Crippen LogP) is 2.28. The average Bonchev–Trinajstić information content (AvgIpc) is 2.28. The van der Waals surface area contributed by atoms with Crippen molar-refractivity contribution in [2.24, 2.45) is 0 Å². The van der Waals surface area contributed by atoms with E-state index in [4.69, 9.17) is 9.84 Å². The van der Waals surface area contributed by atoms with Crippen LogP contribution in [-0.4, -0.2) is 18.2 Å². The summed E-state index contributed by atoms with van der Waals surface area (Å²) in [5, 5.41) is 8.96. The van der Waals surface area contributed by atoms with Gasteiger partial charge in [-0.05, 0) is 37.0 Å². The maximum Gasteiger partial charge on any atom is 0.346 e. The van der Waals surface area contributed by atoms with Gasteiger partial charge < -0.3 is 9.84 Å². The number of carbonyl (C=O) groups is 1. The fraction of sp³-hybridized carbons (Fsp3) is 0.417. The first-order valence-electron chi connectivity index (χ1n) is 5.17. The lowest BCUT2D eigenvalue weighted by Crippen LogP contribution is -2.34. The minimum atomic E-state index is -2.24. The van der Waals surface area contributed by atoms with Crippen molar-refractivity contribution >= 4 is 5.97 Å². The first-order valence-corrected chi connectivity index (χ1v) is 5.17. The van der Waals surface area contributed by atoms with Crippen LogP contribution in [0.25, 0.3) is 0 Å². The van der Waals surface area contributed by atoms with E-state index in [1.165, 1.54) is 13.2 Å². The van der Waals surface area contributed by atoms with Crippen LogP contribution in [0.15, 0.2) is 18.2 Å². The van der Waals surface area contributed by atoms with Crippen molar-refractivity contribution in [3.63, 3.8) is 0 Å². The van der Waals surface area contributed by atoms with Gasteiger partial charge in [0, 0.05) is 5.56 Å². The van der Waals surface area contributed by atoms with Gasteiger partial charge in [0.2, 0.25) is 5.67 Å². The minimum Gasteiger partial charge on any atom is -0.497 e. The molecule has 2 rings (SSSR count). The van der Waals surface area contributed by atoms with E-state index in [9.17, 15) is 9.18 Å². The molecule has 0 radical (unpaired) electrons. The molecule has 16 heavy (non-hydrogen) atoms. The second kappa shape index (κ2) is 3.77. The zero-order valence-electron chi connectivity index (χ0n) is 9.00. The number of hydrogen-bond donors (Lipinski definition) is 1. The van der Waals surface area contributed by atoms with Crippen molar-refractivity contribution < 1.29 is 19.0 Å². The molecule has 1 aliphatic carbocycles. The van der Waals surface area contributed by atoms with Crippen molar-refractivity contribution in [2.75, 3.05) is 7.11 Å². The summed E-state index contributed by atoms with van der Waals surface area (Å²) >= 11 is 0. The van der Waals surface area contributed by atoms with E-state index in [0.29, 0.717) is 18.6 Å². The van der Waals surface area contributed by atoms with E-state index in [1.54, 1.807) is 12.1 Å². The lowest BCUT2D eigenvalue weighted by Gasteiger charge is -2.28. The molecule has 0 saturated carbocycles. The molecular weight excluding hydrogens is 211 g/mol. The zero-order valence-corrected chi connectivity index (χ0v) is 9.00. The van der Waals surface area contributed by atoms with Crippen LogP contribution in [0.2, 0.25) is 0 Å². The quantitative estimate of drug-likeness (QED) is 0.838. The average molecular weight is 224 g/mol. The van der Waals surface area contributed by atoms with E-state index in [1.807, 2.05) is 0 Å². The third-order valence-electron chi connectivity index (χ3n) is 3.05. The molecule has 4 heteroatoms. The third kappa shape index (κ3) is 1.54. The van der Waals surface area contributed by atoms with Crippen molar-refractivity contribution in [1.29, 1.82) is 0 Å². The van der Waals surface area contributed by atoms with Crippen LogP contribution in [-0.2, 0) is 16.9 Å². The number of benzene rings is 1. The number of rotatable bonds is 2. The Morgan fingerprint density at radius 1 is 1.56 bits per heavy atom. The van der Waals surface area contributed by atoms with Gasteiger partial charge in [-0.3, -0.25) is 0 Å². The molecule has 1 unspecified atom stereocenters. The molecule has 86 valence electrons. The highest BCUT2D eigenvalue weighted by Gasteiger charge is 2.44. The standard InChI is InChI=1S/C12H13FO3/c1-16-9-4-5-10-8(7-9)3-2-6-12(10,13)11(14)15/h4-5,7H,2-3,6H2,1H3,(H,14,15). The number of aliphatic carboxylic acids is 1. The molecule has 0 aliphatic heterocycles. The monoisotopic (exact) mass is 224 g/mol. The molecule has 0 bridgehead atoms. The molecule has 0 heterocycles. The number of ether oxygens (including phenoxy) is 1. The molecular formula is C12H13FO3. The van der Waals surface area contributed by atoms with E-state index < -0.39 is 11.6 Å². The van der Waals surface area contributed by atoms with Gasteiger partial charge in [0.25, 0.3) is 0 Å². The number of carboxylic acid groups (broad SMARTS) is 1. The Hall–Kier alpha value is -1.58. The largest absolute Gasteiger partial charge is 0.497 e. The number of methoxy groups -OCH3 is 1. The van der Waals surface area contributed by atoms with Crippen LogP contribution >= 0.6 is 0 Å². The van der Waals surface area contributed by atoms with Crippen LogP contribution in [0.3, 0.4) is 0 Å². The van der Waals surface area contributed by atoms with Crippen molar-refractivity contribution in [3.05, 3.63) is 29.3 Å². The summed E-state index contributed by atoms with van der Waals surface area (Å²) in [5.41, 5.74) is -1.23. The summed E-state index contributed by atoms with van der Waals surface area (Å²) in [6.45, 7) is 0. The van der Waals surface area contributed by atoms with Crippen molar-refractivity contribution in [3.8, 4) is 5.75 Å². The van der Waals surface area contributed by atoms with Crippen LogP contribution in [0.4, 0.5) is 4.39 Å². The lowest BCUT2D eigenvalue weighted by molar-refractivity contribution is -0.152. The Kier molecular flexibility index (Phi) is 2.58. The zero-order chi connectivity index (χ0) is 11.8. The third-order valence-corrected chi connectivity index (χ3v) is 3.05. The summed E-state index contributed by atoms with van der Waals surface area (Å²) in [6, 6.07) is 4.83. The SMILES string of the molecule is COc1ccc2c(c1)CCCC2(F)C(=O)O. The first kappa shape index (κ1) is 10.9. The summed E-state index contributed by atoms with van der Waals surface area (Å²) in [7, 11) is 1.53. The number of hydrogen-bond acceptors (Lipinski definition) is 2. The fourth-order valence-corrected chi connectivity index (χ4v) is 2.17. The van der Waals surface area contributed by atoms with E-state index >= 15 is 0 Å². The molecule has 0 spiro atoms.